The Morgan fingerprint density at radius 1 is 1.14 bits per heavy atom. The molecule has 9 heteroatoms. The summed E-state index contributed by atoms with van der Waals surface area (Å²) in [5.41, 5.74) is -0.361. The second-order valence-corrected chi connectivity index (χ2v) is 10.3. The van der Waals surface area contributed by atoms with Gasteiger partial charge in [0.2, 0.25) is 10.0 Å². The van der Waals surface area contributed by atoms with Gasteiger partial charge < -0.3 is 4.57 Å². The summed E-state index contributed by atoms with van der Waals surface area (Å²) in [7, 11) is -4.00. The van der Waals surface area contributed by atoms with Crippen molar-refractivity contribution >= 4 is 19.9 Å². The van der Waals surface area contributed by atoms with Gasteiger partial charge in [-0.15, -0.1) is 0 Å². The van der Waals surface area contributed by atoms with Gasteiger partial charge in [-0.3, -0.25) is 4.79 Å². The topological polar surface area (TPSA) is 93.5 Å². The molecule has 1 aromatic rings. The monoisotopic (exact) mass is 350 g/mol. The van der Waals surface area contributed by atoms with Crippen LogP contribution in [0.1, 0.15) is 20.3 Å². The Kier molecular flexibility index (Phi) is 5.94. The number of sulfonamides is 1. The van der Waals surface area contributed by atoms with E-state index in [0.29, 0.717) is 0 Å². The Bertz CT molecular complexity index is 777. The van der Waals surface area contributed by atoms with Gasteiger partial charge in [-0.1, -0.05) is 0 Å². The number of nitrogens with zero attached hydrogens (tertiary/aromatic N) is 2. The average molecular weight is 350 g/mol. The van der Waals surface area contributed by atoms with E-state index < -0.39 is 25.1 Å². The molecular weight excluding hydrogens is 328 g/mol. The van der Waals surface area contributed by atoms with Crippen molar-refractivity contribution in [1.29, 1.82) is 0 Å². The maximum atomic E-state index is 12.0. The number of aromatic nitrogens is 1. The Hall–Kier alpha value is -1.19. The minimum Gasteiger partial charge on any atom is -0.314 e. The number of sulfone groups is 1. The van der Waals surface area contributed by atoms with E-state index in [0.717, 1.165) is 4.31 Å². The van der Waals surface area contributed by atoms with E-state index in [-0.39, 0.29) is 29.2 Å². The predicted molar refractivity (Wildman–Crippen MR) is 85.1 cm³/mol. The molecule has 0 aliphatic heterocycles. The van der Waals surface area contributed by atoms with Gasteiger partial charge >= 0.3 is 0 Å². The Labute approximate surface area is 131 Å². The van der Waals surface area contributed by atoms with E-state index in [2.05, 4.69) is 0 Å². The minimum absolute atomic E-state index is 0.00353. The van der Waals surface area contributed by atoms with Crippen LogP contribution in [-0.2, 0) is 26.4 Å². The normalized spacial score (nSPS) is 13.0. The van der Waals surface area contributed by atoms with Crippen LogP contribution in [0.4, 0.5) is 0 Å². The first-order chi connectivity index (χ1) is 9.98. The lowest BCUT2D eigenvalue weighted by Gasteiger charge is -2.13. The fourth-order valence-corrected chi connectivity index (χ4v) is 3.64. The quantitative estimate of drug-likeness (QED) is 0.705. The molecule has 0 unspecified atom stereocenters. The molecule has 0 N–H and O–H groups in total. The molecule has 126 valence electrons. The summed E-state index contributed by atoms with van der Waals surface area (Å²) in [4.78, 5) is 11.8. The van der Waals surface area contributed by atoms with E-state index >= 15 is 0 Å². The first kappa shape index (κ1) is 18.9. The molecule has 1 aromatic heterocycles. The Morgan fingerprint density at radius 3 is 2.23 bits per heavy atom. The number of hydrogen-bond acceptors (Lipinski definition) is 5. The van der Waals surface area contributed by atoms with Crippen molar-refractivity contribution < 1.29 is 16.8 Å². The van der Waals surface area contributed by atoms with Crippen molar-refractivity contribution in [2.24, 2.45) is 0 Å². The molecule has 1 rings (SSSR count). The first-order valence-corrected chi connectivity index (χ1v) is 9.98. The first-order valence-electron chi connectivity index (χ1n) is 6.83. The summed E-state index contributed by atoms with van der Waals surface area (Å²) in [5, 5.41) is -0.468. The Morgan fingerprint density at radius 2 is 1.73 bits per heavy atom. The van der Waals surface area contributed by atoms with Gasteiger partial charge in [0.1, 0.15) is 0 Å². The summed E-state index contributed by atoms with van der Waals surface area (Å²) in [6.45, 7) is 3.36. The molecule has 0 fully saturated rings. The van der Waals surface area contributed by atoms with Gasteiger partial charge in [-0.05, 0) is 26.3 Å². The van der Waals surface area contributed by atoms with Gasteiger partial charge in [-0.25, -0.2) is 21.1 Å². The highest BCUT2D eigenvalue weighted by atomic mass is 32.2. The molecule has 7 nitrogen and oxygen atoms in total. The molecule has 0 amide bonds. The zero-order chi connectivity index (χ0) is 17.1. The molecular formula is C13H22N2O5S2. The molecule has 0 radical (unpaired) electrons. The van der Waals surface area contributed by atoms with Gasteiger partial charge in [0.05, 0.1) is 15.9 Å². The molecule has 22 heavy (non-hydrogen) atoms. The number of aryl methyl sites for hydroxylation is 1. The van der Waals surface area contributed by atoms with E-state index in [1.54, 1.807) is 13.8 Å². The summed E-state index contributed by atoms with van der Waals surface area (Å²) in [6.07, 6.45) is 1.51. The fraction of sp³-hybridized carbons (Fsp3) is 0.615. The molecule has 0 saturated carbocycles. The second-order valence-electron chi connectivity index (χ2n) is 5.45. The smallest absolute Gasteiger partial charge is 0.250 e. The highest BCUT2D eigenvalue weighted by Crippen LogP contribution is 2.11. The highest BCUT2D eigenvalue weighted by molar-refractivity contribution is 7.91. The SMILES string of the molecule is CC(C)S(=O)(=O)CCCn1cc(S(=O)(=O)N(C)C)ccc1=O. The van der Waals surface area contributed by atoms with Crippen molar-refractivity contribution in [3.8, 4) is 0 Å². The van der Waals surface area contributed by atoms with Crippen LogP contribution in [0.15, 0.2) is 28.0 Å². The third-order valence-corrected chi connectivity index (χ3v) is 7.37. The zero-order valence-corrected chi connectivity index (χ0v) is 14.8. The van der Waals surface area contributed by atoms with Crippen molar-refractivity contribution in [3.63, 3.8) is 0 Å². The van der Waals surface area contributed by atoms with Crippen molar-refractivity contribution in [3.05, 3.63) is 28.7 Å². The van der Waals surface area contributed by atoms with Gasteiger partial charge in [0.15, 0.2) is 9.84 Å². The van der Waals surface area contributed by atoms with Crippen LogP contribution in [0.2, 0.25) is 0 Å². The number of rotatable bonds is 7. The van der Waals surface area contributed by atoms with Crippen molar-refractivity contribution in [2.75, 3.05) is 19.8 Å². The van der Waals surface area contributed by atoms with Gasteiger partial charge in [-0.2, -0.15) is 0 Å². The lowest BCUT2D eigenvalue weighted by atomic mass is 10.4. The third-order valence-electron chi connectivity index (χ3n) is 3.28. The fourth-order valence-electron chi connectivity index (χ4n) is 1.72. The summed E-state index contributed by atoms with van der Waals surface area (Å²) in [6, 6.07) is 2.42. The van der Waals surface area contributed by atoms with E-state index in [4.69, 9.17) is 0 Å². The van der Waals surface area contributed by atoms with Gasteiger partial charge in [0, 0.05) is 32.9 Å². The molecule has 0 atom stereocenters. The number of hydrogen-bond donors (Lipinski definition) is 0. The van der Waals surface area contributed by atoms with Crippen LogP contribution >= 0.6 is 0 Å². The summed E-state index contributed by atoms with van der Waals surface area (Å²) >= 11 is 0. The van der Waals surface area contributed by atoms with Crippen LogP contribution in [-0.4, -0.2) is 50.8 Å². The van der Waals surface area contributed by atoms with E-state index in [1.165, 1.54) is 37.0 Å². The minimum atomic E-state index is -3.63. The zero-order valence-electron chi connectivity index (χ0n) is 13.2. The van der Waals surface area contributed by atoms with Crippen LogP contribution in [0.25, 0.3) is 0 Å². The predicted octanol–water partition coefficient (Wildman–Crippen LogP) is 0.312. The molecule has 0 aromatic carbocycles. The highest BCUT2D eigenvalue weighted by Gasteiger charge is 2.19. The lowest BCUT2D eigenvalue weighted by molar-refractivity contribution is 0.517. The third kappa shape index (κ3) is 4.40. The largest absolute Gasteiger partial charge is 0.314 e. The maximum absolute atomic E-state index is 12.0. The standard InChI is InChI=1S/C13H22N2O5S2/c1-11(2)21(17,18)9-5-8-15-10-12(6-7-13(15)16)22(19,20)14(3)4/h6-7,10-11H,5,8-9H2,1-4H3. The van der Waals surface area contributed by atoms with E-state index in [1.807, 2.05) is 0 Å². The molecule has 0 aliphatic carbocycles. The van der Waals surface area contributed by atoms with E-state index in [9.17, 15) is 21.6 Å². The van der Waals surface area contributed by atoms with Gasteiger partial charge in [0.25, 0.3) is 5.56 Å². The molecule has 0 bridgehead atoms. The van der Waals surface area contributed by atoms with Crippen LogP contribution < -0.4 is 5.56 Å². The second kappa shape index (κ2) is 6.93. The Balaban J connectivity index is 2.96. The molecule has 0 spiro atoms. The molecule has 1 heterocycles. The lowest BCUT2D eigenvalue weighted by Crippen LogP contribution is -2.26. The van der Waals surface area contributed by atoms with Crippen LogP contribution in [0.3, 0.4) is 0 Å². The van der Waals surface area contributed by atoms with Crippen LogP contribution in [0.5, 0.6) is 0 Å². The van der Waals surface area contributed by atoms with Crippen molar-refractivity contribution in [1.82, 2.24) is 8.87 Å². The average Bonchev–Trinajstić information content (AvgIpc) is 2.40. The summed E-state index contributed by atoms with van der Waals surface area (Å²) in [5.74, 6) is -0.0399. The van der Waals surface area contributed by atoms with Crippen LogP contribution in [0, 0.1) is 0 Å². The number of pyridine rings is 1. The van der Waals surface area contributed by atoms with Crippen molar-refractivity contribution in [2.45, 2.75) is 37.0 Å². The molecule has 0 saturated heterocycles. The molecule has 0 aliphatic rings. The maximum Gasteiger partial charge on any atom is 0.250 e. The summed E-state index contributed by atoms with van der Waals surface area (Å²) < 4.78 is 49.8.